The molecule has 2 amide bonds. The number of likely N-dealkylation sites (tertiary alicyclic amines) is 1. The van der Waals surface area contributed by atoms with E-state index in [9.17, 15) is 18.0 Å². The number of hydrogen-bond acceptors (Lipinski definition) is 5. The van der Waals surface area contributed by atoms with Crippen molar-refractivity contribution in [3.63, 3.8) is 0 Å². The quantitative estimate of drug-likeness (QED) is 0.390. The Morgan fingerprint density at radius 1 is 0.964 bits per heavy atom. The maximum atomic E-state index is 12.6. The summed E-state index contributed by atoms with van der Waals surface area (Å²) in [5.74, 6) is -0.110. The van der Waals surface area contributed by atoms with E-state index < -0.39 is 10.0 Å². The molecule has 0 radical (unpaired) electrons. The van der Waals surface area contributed by atoms with Crippen molar-refractivity contribution in [2.24, 2.45) is 11.8 Å². The number of amides is 2. The molecule has 8 heteroatoms. The smallest absolute Gasteiger partial charge is 0.233 e. The lowest BCUT2D eigenvalue weighted by atomic mass is 9.85. The van der Waals surface area contributed by atoms with Crippen molar-refractivity contribution < 1.29 is 22.7 Å². The summed E-state index contributed by atoms with van der Waals surface area (Å²) in [5.41, 5.74) is 0. The van der Waals surface area contributed by atoms with E-state index in [1.165, 1.54) is 9.21 Å². The Morgan fingerprint density at radius 3 is 2.18 bits per heavy atom. The number of para-hydroxylation sites is 1. The zero-order valence-electron chi connectivity index (χ0n) is 15.6. The fraction of sp³-hybridized carbons (Fsp3) is 0.500. The molecule has 4 rings (SSSR count). The molecule has 0 N–H and O–H groups in total. The van der Waals surface area contributed by atoms with Gasteiger partial charge in [-0.05, 0) is 31.4 Å². The predicted molar refractivity (Wildman–Crippen MR) is 103 cm³/mol. The van der Waals surface area contributed by atoms with Crippen molar-refractivity contribution in [3.05, 3.63) is 42.5 Å². The molecule has 1 aliphatic carbocycles. The number of carbonyl (C=O) groups is 2. The fourth-order valence-corrected chi connectivity index (χ4v) is 5.61. The van der Waals surface area contributed by atoms with Crippen molar-refractivity contribution in [1.82, 2.24) is 9.21 Å². The summed E-state index contributed by atoms with van der Waals surface area (Å²) in [5, 5.41) is 0. The van der Waals surface area contributed by atoms with E-state index in [4.69, 9.17) is 4.74 Å². The molecular weight excluding hydrogens is 380 g/mol. The van der Waals surface area contributed by atoms with Crippen molar-refractivity contribution in [2.45, 2.75) is 25.3 Å². The monoisotopic (exact) mass is 404 g/mol. The summed E-state index contributed by atoms with van der Waals surface area (Å²) in [4.78, 5) is 26.5. The van der Waals surface area contributed by atoms with Gasteiger partial charge in [0.05, 0.1) is 30.2 Å². The first kappa shape index (κ1) is 19.1. The van der Waals surface area contributed by atoms with Gasteiger partial charge in [-0.25, -0.2) is 8.42 Å². The van der Waals surface area contributed by atoms with Crippen LogP contribution in [0.2, 0.25) is 0 Å². The lowest BCUT2D eigenvalue weighted by Gasteiger charge is -2.42. The lowest BCUT2D eigenvalue weighted by Crippen LogP contribution is -2.62. The van der Waals surface area contributed by atoms with Gasteiger partial charge in [0, 0.05) is 13.1 Å². The molecular formula is C20H24N2O5S. The van der Waals surface area contributed by atoms with Gasteiger partial charge in [0.1, 0.15) is 5.75 Å². The van der Waals surface area contributed by atoms with Gasteiger partial charge in [-0.2, -0.15) is 4.31 Å². The highest BCUT2D eigenvalue weighted by Gasteiger charge is 2.53. The Morgan fingerprint density at radius 2 is 1.57 bits per heavy atom. The number of imide groups is 1. The molecule has 0 bridgehead atoms. The van der Waals surface area contributed by atoms with Crippen LogP contribution in [-0.4, -0.2) is 60.9 Å². The van der Waals surface area contributed by atoms with Crippen LogP contribution in [0.25, 0.3) is 0 Å². The van der Waals surface area contributed by atoms with Crippen LogP contribution in [-0.2, 0) is 19.6 Å². The van der Waals surface area contributed by atoms with E-state index in [2.05, 4.69) is 0 Å². The average Bonchev–Trinajstić information content (AvgIpc) is 2.90. The third kappa shape index (κ3) is 3.58. The van der Waals surface area contributed by atoms with Crippen LogP contribution in [0.5, 0.6) is 5.75 Å². The van der Waals surface area contributed by atoms with Crippen LogP contribution in [0, 0.1) is 11.8 Å². The summed E-state index contributed by atoms with van der Waals surface area (Å²) in [6, 6.07) is 8.93. The van der Waals surface area contributed by atoms with Gasteiger partial charge in [0.15, 0.2) is 0 Å². The van der Waals surface area contributed by atoms with Crippen LogP contribution in [0.1, 0.15) is 19.3 Å². The molecule has 2 saturated heterocycles. The highest BCUT2D eigenvalue weighted by atomic mass is 32.2. The molecule has 1 aromatic rings. The number of nitrogens with zero attached hydrogens (tertiary/aromatic N) is 2. The van der Waals surface area contributed by atoms with E-state index in [-0.39, 0.29) is 48.5 Å². The number of rotatable bonds is 7. The number of allylic oxidation sites excluding steroid dienone is 2. The van der Waals surface area contributed by atoms with E-state index in [0.29, 0.717) is 31.6 Å². The molecule has 0 spiro atoms. The highest BCUT2D eigenvalue weighted by molar-refractivity contribution is 7.89. The van der Waals surface area contributed by atoms with E-state index >= 15 is 0 Å². The van der Waals surface area contributed by atoms with E-state index in [1.54, 1.807) is 0 Å². The summed E-state index contributed by atoms with van der Waals surface area (Å²) in [6.45, 7) is 0.721. The van der Waals surface area contributed by atoms with Crippen LogP contribution >= 0.6 is 0 Å². The number of benzene rings is 1. The number of carbonyl (C=O) groups excluding carboxylic acids is 2. The Bertz CT molecular complexity index is 851. The van der Waals surface area contributed by atoms with Gasteiger partial charge in [-0.1, -0.05) is 30.4 Å². The van der Waals surface area contributed by atoms with Gasteiger partial charge in [0.2, 0.25) is 21.8 Å². The van der Waals surface area contributed by atoms with Gasteiger partial charge < -0.3 is 4.74 Å². The summed E-state index contributed by atoms with van der Waals surface area (Å²) < 4.78 is 31.8. The molecule has 28 heavy (non-hydrogen) atoms. The third-order valence-corrected chi connectivity index (χ3v) is 7.58. The first-order valence-corrected chi connectivity index (χ1v) is 11.3. The minimum absolute atomic E-state index is 0.0103. The number of sulfonamides is 1. The first-order valence-electron chi connectivity index (χ1n) is 9.65. The summed E-state index contributed by atoms with van der Waals surface area (Å²) >= 11 is 0. The van der Waals surface area contributed by atoms with Gasteiger partial charge in [0.25, 0.3) is 0 Å². The first-order chi connectivity index (χ1) is 13.5. The topological polar surface area (TPSA) is 84.0 Å². The molecule has 2 fully saturated rings. The van der Waals surface area contributed by atoms with Crippen molar-refractivity contribution in [1.29, 1.82) is 0 Å². The fourth-order valence-electron chi connectivity index (χ4n) is 4.07. The molecule has 2 heterocycles. The van der Waals surface area contributed by atoms with Crippen LogP contribution < -0.4 is 4.74 Å². The lowest BCUT2D eigenvalue weighted by molar-refractivity contribution is -0.145. The van der Waals surface area contributed by atoms with Gasteiger partial charge in [-0.3, -0.25) is 14.5 Å². The Balaban J connectivity index is 1.26. The maximum absolute atomic E-state index is 12.6. The molecule has 7 nitrogen and oxygen atoms in total. The number of hydrogen-bond donors (Lipinski definition) is 0. The summed E-state index contributed by atoms with van der Waals surface area (Å²) in [6.07, 6.45) is 5.48. The molecule has 2 atom stereocenters. The normalized spacial score (nSPS) is 25.6. The minimum Gasteiger partial charge on any atom is -0.494 e. The highest BCUT2D eigenvalue weighted by Crippen LogP contribution is 2.37. The standard InChI is InChI=1S/C20H24N2O5S/c23-19-17-9-4-5-10-18(17)20(24)22(19)15-13-21(14-15)28(25,26)12-6-11-27-16-7-2-1-3-8-16/h1-5,7-8,15,17-18H,6,9-14H2. The minimum atomic E-state index is -3.41. The molecule has 0 saturated carbocycles. The molecule has 3 aliphatic rings. The molecule has 2 unspecified atom stereocenters. The molecule has 0 aromatic heterocycles. The van der Waals surface area contributed by atoms with Crippen LogP contribution in [0.3, 0.4) is 0 Å². The summed E-state index contributed by atoms with van der Waals surface area (Å²) in [7, 11) is -3.41. The van der Waals surface area contributed by atoms with Crippen molar-refractivity contribution in [2.75, 3.05) is 25.4 Å². The Labute approximate surface area is 165 Å². The van der Waals surface area contributed by atoms with E-state index in [0.717, 1.165) is 0 Å². The largest absolute Gasteiger partial charge is 0.494 e. The zero-order chi connectivity index (χ0) is 19.7. The average molecular weight is 404 g/mol. The molecule has 150 valence electrons. The molecule has 2 aliphatic heterocycles. The maximum Gasteiger partial charge on any atom is 0.233 e. The van der Waals surface area contributed by atoms with Crippen molar-refractivity contribution >= 4 is 21.8 Å². The van der Waals surface area contributed by atoms with Gasteiger partial charge >= 0.3 is 0 Å². The second kappa shape index (κ2) is 7.67. The Hall–Kier alpha value is -2.19. The second-order valence-corrected chi connectivity index (χ2v) is 9.59. The number of fused-ring (bicyclic) bond motifs is 1. The van der Waals surface area contributed by atoms with Crippen LogP contribution in [0.4, 0.5) is 0 Å². The zero-order valence-corrected chi connectivity index (χ0v) is 16.4. The van der Waals surface area contributed by atoms with Gasteiger partial charge in [-0.15, -0.1) is 0 Å². The van der Waals surface area contributed by atoms with Crippen molar-refractivity contribution in [3.8, 4) is 5.75 Å². The Kier molecular flexibility index (Phi) is 5.25. The van der Waals surface area contributed by atoms with E-state index in [1.807, 2.05) is 42.5 Å². The second-order valence-electron chi connectivity index (χ2n) is 7.50. The SMILES string of the molecule is O=C1C2CC=CCC2C(=O)N1C1CN(S(=O)(=O)CCCOc2ccccc2)C1. The third-order valence-electron chi connectivity index (χ3n) is 5.69. The molecule has 1 aromatic carbocycles. The van der Waals surface area contributed by atoms with Crippen LogP contribution in [0.15, 0.2) is 42.5 Å². The predicted octanol–water partition coefficient (Wildman–Crippen LogP) is 1.42. The number of ether oxygens (including phenoxy) is 1.